The zero-order valence-electron chi connectivity index (χ0n) is 13.0. The number of nitriles is 1. The number of Topliss-reactive ketones (excluding diaryl/α,β-unsaturated/α-hetero) is 1. The Balaban J connectivity index is 1.69. The lowest BCUT2D eigenvalue weighted by Gasteiger charge is -2.05. The van der Waals surface area contributed by atoms with Crippen molar-refractivity contribution >= 4 is 28.9 Å². The second kappa shape index (κ2) is 6.98. The molecule has 0 radical (unpaired) electrons. The Kier molecular flexibility index (Phi) is 4.78. The molecule has 3 aromatic heterocycles. The van der Waals surface area contributed by atoms with Crippen molar-refractivity contribution in [3.63, 3.8) is 0 Å². The smallest absolute Gasteiger partial charge is 0.200 e. The normalized spacial score (nSPS) is 12.0. The number of hydrogen-bond donors (Lipinski definition) is 0. The van der Waals surface area contributed by atoms with Gasteiger partial charge in [-0.05, 0) is 19.1 Å². The Morgan fingerprint density at radius 2 is 2.38 bits per heavy atom. The topological polar surface area (TPSA) is 97.6 Å². The van der Waals surface area contributed by atoms with E-state index >= 15 is 0 Å². The van der Waals surface area contributed by atoms with Crippen LogP contribution in [-0.2, 0) is 11.8 Å². The molecule has 0 fully saturated rings. The number of carbonyl (C=O) groups is 1. The zero-order chi connectivity index (χ0) is 17.1. The molecule has 24 heavy (non-hydrogen) atoms. The van der Waals surface area contributed by atoms with E-state index in [9.17, 15) is 10.1 Å². The Labute approximate surface area is 146 Å². The van der Waals surface area contributed by atoms with Crippen molar-refractivity contribution in [2.24, 2.45) is 7.05 Å². The third kappa shape index (κ3) is 3.25. The number of thiazole rings is 1. The first kappa shape index (κ1) is 16.4. The van der Waals surface area contributed by atoms with Crippen LogP contribution in [0.4, 0.5) is 0 Å². The van der Waals surface area contributed by atoms with Crippen LogP contribution >= 0.6 is 23.1 Å². The van der Waals surface area contributed by atoms with Crippen LogP contribution in [0.2, 0.25) is 0 Å². The van der Waals surface area contributed by atoms with E-state index < -0.39 is 5.92 Å². The molecule has 3 heterocycles. The van der Waals surface area contributed by atoms with Crippen LogP contribution in [0.15, 0.2) is 33.3 Å². The summed E-state index contributed by atoms with van der Waals surface area (Å²) in [4.78, 5) is 16.6. The van der Waals surface area contributed by atoms with Gasteiger partial charge in [0.15, 0.2) is 28.4 Å². The van der Waals surface area contributed by atoms with Gasteiger partial charge in [0.2, 0.25) is 0 Å². The van der Waals surface area contributed by atoms with Gasteiger partial charge in [-0.3, -0.25) is 4.79 Å². The van der Waals surface area contributed by atoms with E-state index in [-0.39, 0.29) is 11.5 Å². The standard InChI is InChI=1S/C15H13N5O2S2/c1-9-7-23-14(17-9)10(6-16)11(21)8-24-15-19-18-13(20(15)2)12-4-3-5-22-12/h3-5,7,10H,8H2,1-2H3. The molecule has 0 aliphatic carbocycles. The summed E-state index contributed by atoms with van der Waals surface area (Å²) in [5.74, 6) is 0.285. The molecule has 0 aliphatic rings. The summed E-state index contributed by atoms with van der Waals surface area (Å²) in [7, 11) is 1.80. The van der Waals surface area contributed by atoms with Crippen LogP contribution in [0.5, 0.6) is 0 Å². The predicted octanol–water partition coefficient (Wildman–Crippen LogP) is 2.81. The number of hydrogen-bond acceptors (Lipinski definition) is 8. The van der Waals surface area contributed by atoms with Crippen molar-refractivity contribution in [3.05, 3.63) is 34.5 Å². The fourth-order valence-electron chi connectivity index (χ4n) is 2.05. The zero-order valence-corrected chi connectivity index (χ0v) is 14.6. The molecule has 0 N–H and O–H groups in total. The van der Waals surface area contributed by atoms with Gasteiger partial charge in [0, 0.05) is 18.1 Å². The highest BCUT2D eigenvalue weighted by atomic mass is 32.2. The van der Waals surface area contributed by atoms with Crippen LogP contribution in [0.3, 0.4) is 0 Å². The molecule has 122 valence electrons. The number of thioether (sulfide) groups is 1. The first-order valence-corrected chi connectivity index (χ1v) is 8.87. The molecule has 1 unspecified atom stereocenters. The van der Waals surface area contributed by atoms with Gasteiger partial charge < -0.3 is 8.98 Å². The predicted molar refractivity (Wildman–Crippen MR) is 89.6 cm³/mol. The number of furan rings is 1. The Bertz CT molecular complexity index is 892. The maximum absolute atomic E-state index is 12.4. The molecular weight excluding hydrogens is 346 g/mol. The highest BCUT2D eigenvalue weighted by molar-refractivity contribution is 7.99. The van der Waals surface area contributed by atoms with Gasteiger partial charge >= 0.3 is 0 Å². The molecule has 3 aromatic rings. The van der Waals surface area contributed by atoms with Gasteiger partial charge in [0.25, 0.3) is 0 Å². The number of nitrogens with zero attached hydrogens (tertiary/aromatic N) is 5. The molecule has 0 saturated heterocycles. The maximum atomic E-state index is 12.4. The van der Waals surface area contributed by atoms with Crippen molar-refractivity contribution in [2.75, 3.05) is 5.75 Å². The molecule has 0 aromatic carbocycles. The first-order chi connectivity index (χ1) is 11.6. The maximum Gasteiger partial charge on any atom is 0.200 e. The van der Waals surface area contributed by atoms with Gasteiger partial charge in [0.05, 0.1) is 18.1 Å². The first-order valence-electron chi connectivity index (χ1n) is 7.00. The van der Waals surface area contributed by atoms with Crippen molar-refractivity contribution in [1.82, 2.24) is 19.7 Å². The van der Waals surface area contributed by atoms with Crippen LogP contribution in [0.25, 0.3) is 11.6 Å². The lowest BCUT2D eigenvalue weighted by molar-refractivity contribution is -0.116. The summed E-state index contributed by atoms with van der Waals surface area (Å²) in [6, 6.07) is 5.60. The molecule has 0 saturated carbocycles. The average Bonchev–Trinajstić information content (AvgIpc) is 3.28. The SMILES string of the molecule is Cc1csc(C(C#N)C(=O)CSc2nnc(-c3ccco3)n2C)n1. The van der Waals surface area contributed by atoms with Gasteiger partial charge in [-0.2, -0.15) is 5.26 Å². The number of carbonyl (C=O) groups excluding carboxylic acids is 1. The van der Waals surface area contributed by atoms with Gasteiger partial charge in [-0.25, -0.2) is 4.98 Å². The molecule has 0 bridgehead atoms. The fraction of sp³-hybridized carbons (Fsp3) is 0.267. The third-order valence-electron chi connectivity index (χ3n) is 3.25. The number of aryl methyl sites for hydroxylation is 1. The molecule has 0 amide bonds. The van der Waals surface area contributed by atoms with Crippen molar-refractivity contribution in [2.45, 2.75) is 18.0 Å². The van der Waals surface area contributed by atoms with E-state index in [2.05, 4.69) is 15.2 Å². The number of aromatic nitrogens is 4. The molecule has 7 nitrogen and oxygen atoms in total. The van der Waals surface area contributed by atoms with Gasteiger partial charge in [0.1, 0.15) is 5.01 Å². The summed E-state index contributed by atoms with van der Waals surface area (Å²) < 4.78 is 7.06. The Hall–Kier alpha value is -2.44. The summed E-state index contributed by atoms with van der Waals surface area (Å²) in [6.45, 7) is 1.84. The lowest BCUT2D eigenvalue weighted by Crippen LogP contribution is -2.13. The lowest BCUT2D eigenvalue weighted by atomic mass is 10.1. The van der Waals surface area contributed by atoms with Crippen molar-refractivity contribution in [1.29, 1.82) is 5.26 Å². The van der Waals surface area contributed by atoms with E-state index in [1.165, 1.54) is 23.1 Å². The van der Waals surface area contributed by atoms with E-state index in [0.29, 0.717) is 21.7 Å². The van der Waals surface area contributed by atoms with Gasteiger partial charge in [-0.15, -0.1) is 21.5 Å². The largest absolute Gasteiger partial charge is 0.461 e. The minimum absolute atomic E-state index is 0.126. The van der Waals surface area contributed by atoms with Crippen molar-refractivity contribution < 1.29 is 9.21 Å². The van der Waals surface area contributed by atoms with Crippen LogP contribution < -0.4 is 0 Å². The van der Waals surface area contributed by atoms with E-state index in [0.717, 1.165) is 5.69 Å². The molecule has 0 spiro atoms. The summed E-state index contributed by atoms with van der Waals surface area (Å²) in [5, 5.41) is 20.4. The highest BCUT2D eigenvalue weighted by Crippen LogP contribution is 2.26. The number of ketones is 1. The Morgan fingerprint density at radius 3 is 3.00 bits per heavy atom. The summed E-state index contributed by atoms with van der Waals surface area (Å²) in [5.41, 5.74) is 0.812. The third-order valence-corrected chi connectivity index (χ3v) is 5.32. The summed E-state index contributed by atoms with van der Waals surface area (Å²) >= 11 is 2.57. The minimum atomic E-state index is -0.839. The molecule has 3 rings (SSSR count). The van der Waals surface area contributed by atoms with Gasteiger partial charge in [-0.1, -0.05) is 11.8 Å². The van der Waals surface area contributed by atoms with Crippen LogP contribution in [0.1, 0.15) is 16.6 Å². The monoisotopic (exact) mass is 359 g/mol. The van der Waals surface area contributed by atoms with Crippen molar-refractivity contribution in [3.8, 4) is 17.7 Å². The Morgan fingerprint density at radius 1 is 1.54 bits per heavy atom. The quantitative estimate of drug-likeness (QED) is 0.624. The average molecular weight is 359 g/mol. The highest BCUT2D eigenvalue weighted by Gasteiger charge is 2.24. The number of rotatable bonds is 6. The molecule has 1 atom stereocenters. The van der Waals surface area contributed by atoms with Crippen LogP contribution in [-0.4, -0.2) is 31.3 Å². The fourth-order valence-corrected chi connectivity index (χ4v) is 3.73. The minimum Gasteiger partial charge on any atom is -0.461 e. The second-order valence-corrected chi connectivity index (χ2v) is 6.82. The molecule has 9 heteroatoms. The van der Waals surface area contributed by atoms with E-state index in [1.807, 2.05) is 18.4 Å². The summed E-state index contributed by atoms with van der Waals surface area (Å²) in [6.07, 6.45) is 1.56. The second-order valence-electron chi connectivity index (χ2n) is 4.99. The van der Waals surface area contributed by atoms with Crippen LogP contribution in [0, 0.1) is 18.3 Å². The molecule has 0 aliphatic heterocycles. The molecular formula is C15H13N5O2S2. The van der Waals surface area contributed by atoms with E-state index in [4.69, 9.17) is 4.42 Å². The van der Waals surface area contributed by atoms with E-state index in [1.54, 1.807) is 30.0 Å².